The van der Waals surface area contributed by atoms with Gasteiger partial charge in [0.15, 0.2) is 17.5 Å². The minimum Gasteiger partial charge on any atom is -0.444 e. The van der Waals surface area contributed by atoms with Crippen molar-refractivity contribution >= 4 is 31.2 Å². The Hall–Kier alpha value is -1.90. The van der Waals surface area contributed by atoms with E-state index >= 15 is 0 Å². The van der Waals surface area contributed by atoms with E-state index in [0.29, 0.717) is 25.1 Å². The maximum atomic E-state index is 13.2. The Morgan fingerprint density at radius 2 is 1.76 bits per heavy atom. The van der Waals surface area contributed by atoms with E-state index in [-0.39, 0.29) is 25.7 Å². The number of ether oxygens (including phenoxy) is 1. The number of amides is 2. The number of anilines is 1. The largest absolute Gasteiger partial charge is 0.444 e. The van der Waals surface area contributed by atoms with Crippen molar-refractivity contribution in [3.8, 4) is 0 Å². The van der Waals surface area contributed by atoms with Gasteiger partial charge in [0.2, 0.25) is 5.91 Å². The molecule has 0 saturated carbocycles. The Balaban J connectivity index is 0.00000312. The lowest BCUT2D eigenvalue weighted by Crippen LogP contribution is -2.36. The van der Waals surface area contributed by atoms with Crippen LogP contribution in [-0.2, 0) is 9.53 Å². The summed E-state index contributed by atoms with van der Waals surface area (Å²) < 4.78 is 44.4. The molecule has 0 bridgehead atoms. The fourth-order valence-corrected chi connectivity index (χ4v) is 2.34. The van der Waals surface area contributed by atoms with Gasteiger partial charge in [0.25, 0.3) is 0 Å². The Morgan fingerprint density at radius 3 is 2.28 bits per heavy atom. The van der Waals surface area contributed by atoms with Crippen LogP contribution >= 0.6 is 13.5 Å². The molecule has 1 aliphatic heterocycles. The third kappa shape index (κ3) is 5.55. The highest BCUT2D eigenvalue weighted by atomic mass is 32.1. The van der Waals surface area contributed by atoms with E-state index in [0.717, 1.165) is 0 Å². The molecule has 1 N–H and O–H groups in total. The molecular weight excluding hydrogens is 357 g/mol. The zero-order valence-electron chi connectivity index (χ0n) is 14.2. The van der Waals surface area contributed by atoms with Gasteiger partial charge in [-0.25, -0.2) is 18.0 Å². The maximum Gasteiger partial charge on any atom is 0.410 e. The van der Waals surface area contributed by atoms with Gasteiger partial charge in [-0.15, -0.1) is 0 Å². The predicted molar refractivity (Wildman–Crippen MR) is 91.2 cm³/mol. The molecule has 0 spiro atoms. The molecule has 25 heavy (non-hydrogen) atoms. The number of carbonyl (C=O) groups excluding carboxylic acids is 2. The highest BCUT2D eigenvalue weighted by molar-refractivity contribution is 7.59. The Labute approximate surface area is 151 Å². The molecule has 2 amide bonds. The number of hydrogen-bond donors (Lipinski definition) is 1. The van der Waals surface area contributed by atoms with Gasteiger partial charge < -0.3 is 15.0 Å². The summed E-state index contributed by atoms with van der Waals surface area (Å²) >= 11 is 0. The van der Waals surface area contributed by atoms with E-state index in [1.54, 1.807) is 20.8 Å². The number of carbonyl (C=O) groups is 2. The summed E-state index contributed by atoms with van der Waals surface area (Å²) in [5, 5.41) is 2.34. The summed E-state index contributed by atoms with van der Waals surface area (Å²) in [5.41, 5.74) is -0.812. The molecule has 1 aromatic rings. The van der Waals surface area contributed by atoms with Crippen molar-refractivity contribution in [2.45, 2.75) is 32.8 Å². The van der Waals surface area contributed by atoms with Crippen molar-refractivity contribution in [1.82, 2.24) is 4.90 Å². The molecule has 1 atom stereocenters. The Morgan fingerprint density at radius 1 is 1.20 bits per heavy atom. The average molecular weight is 378 g/mol. The summed E-state index contributed by atoms with van der Waals surface area (Å²) in [5.74, 6) is -5.38. The first-order valence-electron chi connectivity index (χ1n) is 7.50. The van der Waals surface area contributed by atoms with Crippen molar-refractivity contribution in [1.29, 1.82) is 0 Å². The predicted octanol–water partition coefficient (Wildman–Crippen LogP) is 3.41. The summed E-state index contributed by atoms with van der Waals surface area (Å²) in [7, 11) is 0. The van der Waals surface area contributed by atoms with Crippen molar-refractivity contribution in [2.75, 3.05) is 18.4 Å². The van der Waals surface area contributed by atoms with Crippen molar-refractivity contribution in [2.24, 2.45) is 5.92 Å². The quantitative estimate of drug-likeness (QED) is 0.803. The van der Waals surface area contributed by atoms with Crippen LogP contribution in [0.4, 0.5) is 23.7 Å². The monoisotopic (exact) mass is 378 g/mol. The third-order valence-electron chi connectivity index (χ3n) is 3.46. The van der Waals surface area contributed by atoms with Gasteiger partial charge in [0.1, 0.15) is 5.60 Å². The van der Waals surface area contributed by atoms with Gasteiger partial charge in [-0.2, -0.15) is 13.5 Å². The molecule has 1 saturated heterocycles. The topological polar surface area (TPSA) is 58.6 Å². The molecule has 140 valence electrons. The van der Waals surface area contributed by atoms with Crippen LogP contribution in [-0.4, -0.2) is 35.6 Å². The second kappa shape index (κ2) is 7.99. The highest BCUT2D eigenvalue weighted by Gasteiger charge is 2.33. The lowest BCUT2D eigenvalue weighted by Gasteiger charge is -2.24. The average Bonchev–Trinajstić information content (AvgIpc) is 2.92. The maximum absolute atomic E-state index is 13.2. The fraction of sp³-hybridized carbons (Fsp3) is 0.500. The Kier molecular flexibility index (Phi) is 6.75. The number of benzene rings is 1. The molecule has 0 aliphatic carbocycles. The van der Waals surface area contributed by atoms with E-state index in [2.05, 4.69) is 5.32 Å². The smallest absolute Gasteiger partial charge is 0.410 e. The van der Waals surface area contributed by atoms with E-state index in [1.165, 1.54) is 4.90 Å². The zero-order chi connectivity index (χ0) is 18.1. The lowest BCUT2D eigenvalue weighted by molar-refractivity contribution is -0.119. The molecule has 5 nitrogen and oxygen atoms in total. The lowest BCUT2D eigenvalue weighted by atomic mass is 10.1. The summed E-state index contributed by atoms with van der Waals surface area (Å²) in [6.07, 6.45) is -0.117. The van der Waals surface area contributed by atoms with Crippen LogP contribution in [0, 0.1) is 23.4 Å². The first kappa shape index (κ1) is 21.1. The van der Waals surface area contributed by atoms with Gasteiger partial charge >= 0.3 is 6.09 Å². The SMILES string of the molecule is CC(C)(C)OC(=O)N1CC[C@H](C(=O)Nc2cc(F)c(F)c(F)c2)C1.S. The number of nitrogens with zero attached hydrogens (tertiary/aromatic N) is 1. The van der Waals surface area contributed by atoms with Gasteiger partial charge in [-0.1, -0.05) is 0 Å². The van der Waals surface area contributed by atoms with Crippen LogP contribution in [0.5, 0.6) is 0 Å². The second-order valence-corrected chi connectivity index (χ2v) is 6.66. The minimum atomic E-state index is -1.59. The summed E-state index contributed by atoms with van der Waals surface area (Å²) in [4.78, 5) is 25.5. The highest BCUT2D eigenvalue weighted by Crippen LogP contribution is 2.22. The molecule has 1 aliphatic rings. The van der Waals surface area contributed by atoms with Crippen molar-refractivity contribution in [3.05, 3.63) is 29.6 Å². The van der Waals surface area contributed by atoms with Crippen LogP contribution < -0.4 is 5.32 Å². The van der Waals surface area contributed by atoms with Crippen LogP contribution in [0.25, 0.3) is 0 Å². The molecule has 0 unspecified atom stereocenters. The van der Waals surface area contributed by atoms with Gasteiger partial charge in [-0.3, -0.25) is 4.79 Å². The number of rotatable bonds is 2. The summed E-state index contributed by atoms with van der Waals surface area (Å²) in [6, 6.07) is 1.41. The molecule has 2 rings (SSSR count). The Bertz CT molecular complexity index is 642. The van der Waals surface area contributed by atoms with Crippen LogP contribution in [0.3, 0.4) is 0 Å². The standard InChI is InChI=1S/C16H19F3N2O3.H2S/c1-16(2,3)24-15(23)21-5-4-9(8-21)14(22)20-10-6-11(17)13(19)12(18)7-10;/h6-7,9H,4-5,8H2,1-3H3,(H,20,22);1H2/t9-;/m0./s1. The summed E-state index contributed by atoms with van der Waals surface area (Å²) in [6.45, 7) is 5.71. The van der Waals surface area contributed by atoms with Crippen molar-refractivity contribution < 1.29 is 27.5 Å². The van der Waals surface area contributed by atoms with Crippen LogP contribution in [0.15, 0.2) is 12.1 Å². The molecule has 0 aromatic heterocycles. The van der Waals surface area contributed by atoms with Gasteiger partial charge in [0.05, 0.1) is 5.92 Å². The third-order valence-corrected chi connectivity index (χ3v) is 3.46. The van der Waals surface area contributed by atoms with E-state index < -0.39 is 41.0 Å². The number of nitrogens with one attached hydrogen (secondary N) is 1. The minimum absolute atomic E-state index is 0. The molecule has 1 fully saturated rings. The number of hydrogen-bond acceptors (Lipinski definition) is 3. The second-order valence-electron chi connectivity index (χ2n) is 6.66. The molecule has 9 heteroatoms. The van der Waals surface area contributed by atoms with Gasteiger partial charge in [0, 0.05) is 30.9 Å². The van der Waals surface area contributed by atoms with Crippen molar-refractivity contribution in [3.63, 3.8) is 0 Å². The molecule has 1 heterocycles. The number of halogens is 3. The van der Waals surface area contributed by atoms with Gasteiger partial charge in [-0.05, 0) is 27.2 Å². The van der Waals surface area contributed by atoms with Crippen LogP contribution in [0.1, 0.15) is 27.2 Å². The van der Waals surface area contributed by atoms with Crippen LogP contribution in [0.2, 0.25) is 0 Å². The first-order valence-corrected chi connectivity index (χ1v) is 7.50. The zero-order valence-corrected chi connectivity index (χ0v) is 15.2. The first-order chi connectivity index (χ1) is 11.1. The molecule has 0 radical (unpaired) electrons. The number of likely N-dealkylation sites (tertiary alicyclic amines) is 1. The molecule has 1 aromatic carbocycles. The fourth-order valence-electron chi connectivity index (χ4n) is 2.34. The molecular formula is C16H21F3N2O3S. The van der Waals surface area contributed by atoms with E-state index in [9.17, 15) is 22.8 Å². The van der Waals surface area contributed by atoms with E-state index in [1.807, 2.05) is 0 Å². The van der Waals surface area contributed by atoms with E-state index in [4.69, 9.17) is 4.74 Å². The normalized spacial score (nSPS) is 17.0.